The van der Waals surface area contributed by atoms with Crippen molar-refractivity contribution in [3.8, 4) is 27.9 Å². The molecule has 1 aliphatic rings. The van der Waals surface area contributed by atoms with Gasteiger partial charge >= 0.3 is 7.12 Å². The summed E-state index contributed by atoms with van der Waals surface area (Å²) in [6.07, 6.45) is 0. The third-order valence-corrected chi connectivity index (χ3v) is 8.64. The minimum absolute atomic E-state index is 0.403. The summed E-state index contributed by atoms with van der Waals surface area (Å²) in [6, 6.07) is 43.2. The Morgan fingerprint density at radius 3 is 1.70 bits per heavy atom. The lowest BCUT2D eigenvalue weighted by Crippen LogP contribution is -2.41. The fraction of sp³-hybridized carbons (Fsp3) is 0.167. The number of benzene rings is 5. The van der Waals surface area contributed by atoms with Gasteiger partial charge in [-0.25, -0.2) is 0 Å². The van der Waals surface area contributed by atoms with E-state index in [0.717, 1.165) is 16.7 Å². The summed E-state index contributed by atoms with van der Waals surface area (Å²) in [5.74, 6) is 0. The van der Waals surface area contributed by atoms with Crippen LogP contribution in [0.1, 0.15) is 27.7 Å². The van der Waals surface area contributed by atoms with Crippen LogP contribution in [-0.4, -0.2) is 22.9 Å². The Kier molecular flexibility index (Phi) is 5.74. The highest BCUT2D eigenvalue weighted by Gasteiger charge is 2.51. The molecular weight excluding hydrogens is 489 g/mol. The minimum atomic E-state index is -0.432. The highest BCUT2D eigenvalue weighted by molar-refractivity contribution is 6.62. The molecule has 196 valence electrons. The van der Waals surface area contributed by atoms with Crippen molar-refractivity contribution in [1.29, 1.82) is 0 Å². The summed E-state index contributed by atoms with van der Waals surface area (Å²) in [5, 5.41) is 2.45. The number of fused-ring (bicyclic) bond motifs is 3. The molecule has 6 aromatic rings. The van der Waals surface area contributed by atoms with Crippen molar-refractivity contribution in [3.05, 3.63) is 121 Å². The van der Waals surface area contributed by atoms with Gasteiger partial charge in [-0.2, -0.15) is 0 Å². The Balaban J connectivity index is 1.59. The zero-order chi connectivity index (χ0) is 27.5. The largest absolute Gasteiger partial charge is 0.494 e. The molecule has 0 bridgehead atoms. The Morgan fingerprint density at radius 1 is 0.575 bits per heavy atom. The lowest BCUT2D eigenvalue weighted by Gasteiger charge is -2.32. The number of aromatic nitrogens is 1. The number of para-hydroxylation sites is 1. The van der Waals surface area contributed by atoms with Crippen LogP contribution in [0.2, 0.25) is 0 Å². The fourth-order valence-corrected chi connectivity index (χ4v) is 5.84. The van der Waals surface area contributed by atoms with Crippen molar-refractivity contribution in [2.75, 3.05) is 0 Å². The maximum Gasteiger partial charge on any atom is 0.494 e. The zero-order valence-electron chi connectivity index (χ0n) is 23.4. The van der Waals surface area contributed by atoms with E-state index >= 15 is 0 Å². The molecule has 0 amide bonds. The van der Waals surface area contributed by atoms with E-state index < -0.39 is 18.3 Å². The number of nitrogens with zero attached hydrogens (tertiary/aromatic N) is 1. The van der Waals surface area contributed by atoms with Gasteiger partial charge in [0.2, 0.25) is 0 Å². The molecule has 2 heterocycles. The maximum atomic E-state index is 6.47. The van der Waals surface area contributed by atoms with E-state index in [0.29, 0.717) is 0 Å². The van der Waals surface area contributed by atoms with Crippen molar-refractivity contribution in [2.24, 2.45) is 0 Å². The lowest BCUT2D eigenvalue weighted by atomic mass is 9.78. The molecule has 4 heteroatoms. The molecule has 0 radical (unpaired) electrons. The molecule has 5 aromatic carbocycles. The predicted octanol–water partition coefficient (Wildman–Crippen LogP) is 8.42. The standard InChI is InChI=1S/C36H32BNO2/c1-35(2)36(3,4)40-37(39-35)27-20-21-31-32(24-27)38(28-18-12-7-13-19-28)34-30(26-16-10-6-11-17-26)23-22-29(33(31)34)25-14-8-5-9-15-25/h5-24H,1-4H3. The average molecular weight is 521 g/mol. The molecule has 0 unspecified atom stereocenters. The van der Waals surface area contributed by atoms with Crippen molar-refractivity contribution in [1.82, 2.24) is 4.57 Å². The van der Waals surface area contributed by atoms with E-state index in [2.05, 4.69) is 154 Å². The molecule has 7 rings (SSSR count). The van der Waals surface area contributed by atoms with Crippen LogP contribution in [0.5, 0.6) is 0 Å². The van der Waals surface area contributed by atoms with E-state index in [4.69, 9.17) is 9.31 Å². The summed E-state index contributed by atoms with van der Waals surface area (Å²) in [7, 11) is -0.432. The second-order valence-electron chi connectivity index (χ2n) is 11.7. The second-order valence-corrected chi connectivity index (χ2v) is 11.7. The Hall–Kier alpha value is -4.12. The van der Waals surface area contributed by atoms with Gasteiger partial charge in [0.05, 0.1) is 22.2 Å². The van der Waals surface area contributed by atoms with Gasteiger partial charge < -0.3 is 13.9 Å². The number of hydrogen-bond donors (Lipinski definition) is 0. The Bertz CT molecular complexity index is 1820. The van der Waals surface area contributed by atoms with Crippen LogP contribution >= 0.6 is 0 Å². The van der Waals surface area contributed by atoms with Crippen LogP contribution in [0.15, 0.2) is 121 Å². The molecule has 1 fully saturated rings. The normalized spacial score (nSPS) is 16.1. The summed E-state index contributed by atoms with van der Waals surface area (Å²) < 4.78 is 15.4. The molecule has 0 aliphatic carbocycles. The summed E-state index contributed by atoms with van der Waals surface area (Å²) >= 11 is 0. The molecular formula is C36H32BNO2. The fourth-order valence-electron chi connectivity index (χ4n) is 5.84. The molecule has 1 aliphatic heterocycles. The Labute approximate surface area is 236 Å². The van der Waals surface area contributed by atoms with Crippen molar-refractivity contribution >= 4 is 34.4 Å². The van der Waals surface area contributed by atoms with Crippen molar-refractivity contribution < 1.29 is 9.31 Å². The molecule has 1 saturated heterocycles. The first kappa shape index (κ1) is 24.9. The first-order valence-electron chi connectivity index (χ1n) is 14.0. The lowest BCUT2D eigenvalue weighted by molar-refractivity contribution is 0.00578. The van der Waals surface area contributed by atoms with Gasteiger partial charge in [0.1, 0.15) is 0 Å². The number of hydrogen-bond acceptors (Lipinski definition) is 2. The van der Waals surface area contributed by atoms with Gasteiger partial charge in [0.15, 0.2) is 0 Å². The highest BCUT2D eigenvalue weighted by Crippen LogP contribution is 2.43. The topological polar surface area (TPSA) is 23.4 Å². The van der Waals surface area contributed by atoms with E-state index in [1.165, 1.54) is 38.5 Å². The summed E-state index contributed by atoms with van der Waals surface area (Å²) in [5.41, 5.74) is 8.48. The SMILES string of the molecule is CC1(C)OB(c2ccc3c4c(-c5ccccc5)ccc(-c5ccccc5)c4n(-c4ccccc4)c3c2)OC1(C)C. The molecule has 0 saturated carbocycles. The third kappa shape index (κ3) is 3.90. The highest BCUT2D eigenvalue weighted by atomic mass is 16.7. The minimum Gasteiger partial charge on any atom is -0.399 e. The smallest absolute Gasteiger partial charge is 0.399 e. The van der Waals surface area contributed by atoms with E-state index in [9.17, 15) is 0 Å². The van der Waals surface area contributed by atoms with Gasteiger partial charge in [-0.3, -0.25) is 0 Å². The van der Waals surface area contributed by atoms with Gasteiger partial charge in [-0.05, 0) is 68.0 Å². The molecule has 1 aromatic heterocycles. The van der Waals surface area contributed by atoms with E-state index in [1.54, 1.807) is 0 Å². The zero-order valence-corrected chi connectivity index (χ0v) is 23.4. The third-order valence-electron chi connectivity index (χ3n) is 8.64. The first-order chi connectivity index (χ1) is 19.3. The van der Waals surface area contributed by atoms with Crippen molar-refractivity contribution in [3.63, 3.8) is 0 Å². The van der Waals surface area contributed by atoms with E-state index in [1.807, 2.05) is 0 Å². The predicted molar refractivity (Wildman–Crippen MR) is 167 cm³/mol. The van der Waals surface area contributed by atoms with Crippen LogP contribution < -0.4 is 5.46 Å². The van der Waals surface area contributed by atoms with Gasteiger partial charge in [0.25, 0.3) is 0 Å². The van der Waals surface area contributed by atoms with Gasteiger partial charge in [0, 0.05) is 22.0 Å². The number of rotatable bonds is 4. The monoisotopic (exact) mass is 521 g/mol. The van der Waals surface area contributed by atoms with Crippen LogP contribution in [-0.2, 0) is 9.31 Å². The van der Waals surface area contributed by atoms with Crippen molar-refractivity contribution in [2.45, 2.75) is 38.9 Å². The molecule has 40 heavy (non-hydrogen) atoms. The quantitative estimate of drug-likeness (QED) is 0.218. The van der Waals surface area contributed by atoms with Crippen LogP contribution in [0, 0.1) is 0 Å². The van der Waals surface area contributed by atoms with Crippen LogP contribution in [0.4, 0.5) is 0 Å². The maximum absolute atomic E-state index is 6.47. The first-order valence-corrected chi connectivity index (χ1v) is 14.0. The average Bonchev–Trinajstić information content (AvgIpc) is 3.43. The van der Waals surface area contributed by atoms with Crippen LogP contribution in [0.3, 0.4) is 0 Å². The molecule has 0 spiro atoms. The molecule has 0 N–H and O–H groups in total. The van der Waals surface area contributed by atoms with Gasteiger partial charge in [-0.1, -0.05) is 103 Å². The summed E-state index contributed by atoms with van der Waals surface area (Å²) in [4.78, 5) is 0. The Morgan fingerprint density at radius 2 is 1.10 bits per heavy atom. The second kappa shape index (κ2) is 9.23. The molecule has 0 atom stereocenters. The van der Waals surface area contributed by atoms with Crippen LogP contribution in [0.25, 0.3) is 49.7 Å². The van der Waals surface area contributed by atoms with Gasteiger partial charge in [-0.15, -0.1) is 0 Å². The van der Waals surface area contributed by atoms with E-state index in [-0.39, 0.29) is 0 Å². The molecule has 3 nitrogen and oxygen atoms in total. The summed E-state index contributed by atoms with van der Waals surface area (Å²) in [6.45, 7) is 8.41.